The van der Waals surface area contributed by atoms with Gasteiger partial charge in [-0.05, 0) is 37.9 Å². The second-order valence-electron chi connectivity index (χ2n) is 5.70. The zero-order valence-electron chi connectivity index (χ0n) is 12.8. The molecule has 118 valence electrons. The summed E-state index contributed by atoms with van der Waals surface area (Å²) in [5, 5.41) is 8.51. The molecule has 1 aliphatic rings. The predicted octanol–water partition coefficient (Wildman–Crippen LogP) is 3.23. The van der Waals surface area contributed by atoms with Gasteiger partial charge < -0.3 is 4.42 Å². The van der Waals surface area contributed by atoms with Crippen LogP contribution in [0.2, 0.25) is 0 Å². The van der Waals surface area contributed by atoms with Gasteiger partial charge in [-0.25, -0.2) is 4.98 Å². The standard InChI is InChI=1S/C16H17N5OS/c1-11-14(23-10-18-11)16-20-19-15(22-16)13-5-3-7-21(13)9-12-4-2-6-17-8-12/h2,4,6,8,10,13H,3,5,7,9H2,1H3/t13-/m1/s1. The van der Waals surface area contributed by atoms with Crippen molar-refractivity contribution in [2.45, 2.75) is 32.4 Å². The van der Waals surface area contributed by atoms with Gasteiger partial charge in [-0.3, -0.25) is 9.88 Å². The van der Waals surface area contributed by atoms with Crippen molar-refractivity contribution in [3.63, 3.8) is 0 Å². The minimum absolute atomic E-state index is 0.185. The van der Waals surface area contributed by atoms with Crippen molar-refractivity contribution in [2.24, 2.45) is 0 Å². The Balaban J connectivity index is 1.55. The quantitative estimate of drug-likeness (QED) is 0.733. The highest BCUT2D eigenvalue weighted by molar-refractivity contribution is 7.13. The Morgan fingerprint density at radius 2 is 2.35 bits per heavy atom. The molecular weight excluding hydrogens is 310 g/mol. The van der Waals surface area contributed by atoms with E-state index in [1.54, 1.807) is 11.7 Å². The van der Waals surface area contributed by atoms with E-state index in [0.29, 0.717) is 11.8 Å². The van der Waals surface area contributed by atoms with Gasteiger partial charge in [0.25, 0.3) is 5.89 Å². The number of pyridine rings is 1. The summed E-state index contributed by atoms with van der Waals surface area (Å²) in [7, 11) is 0. The molecule has 1 atom stereocenters. The molecular formula is C16H17N5OS. The second-order valence-corrected chi connectivity index (χ2v) is 6.56. The van der Waals surface area contributed by atoms with E-state index >= 15 is 0 Å². The van der Waals surface area contributed by atoms with Crippen LogP contribution in [0.3, 0.4) is 0 Å². The molecule has 6 nitrogen and oxygen atoms in total. The van der Waals surface area contributed by atoms with Crippen LogP contribution < -0.4 is 0 Å². The lowest BCUT2D eigenvalue weighted by atomic mass is 10.2. The van der Waals surface area contributed by atoms with E-state index in [-0.39, 0.29) is 6.04 Å². The van der Waals surface area contributed by atoms with Gasteiger partial charge in [-0.15, -0.1) is 21.5 Å². The summed E-state index contributed by atoms with van der Waals surface area (Å²) in [5.41, 5.74) is 3.94. The summed E-state index contributed by atoms with van der Waals surface area (Å²) in [6, 6.07) is 4.25. The maximum absolute atomic E-state index is 5.95. The summed E-state index contributed by atoms with van der Waals surface area (Å²) in [5.74, 6) is 1.28. The molecule has 0 radical (unpaired) electrons. The van der Waals surface area contributed by atoms with Crippen LogP contribution in [-0.4, -0.2) is 31.6 Å². The van der Waals surface area contributed by atoms with E-state index < -0.39 is 0 Å². The molecule has 0 saturated carbocycles. The molecule has 0 aromatic carbocycles. The number of nitrogens with zero attached hydrogens (tertiary/aromatic N) is 5. The third-order valence-electron chi connectivity index (χ3n) is 4.14. The monoisotopic (exact) mass is 327 g/mol. The molecule has 1 fully saturated rings. The van der Waals surface area contributed by atoms with Crippen LogP contribution >= 0.6 is 11.3 Å². The van der Waals surface area contributed by atoms with Gasteiger partial charge in [0, 0.05) is 18.9 Å². The maximum atomic E-state index is 5.95. The summed E-state index contributed by atoms with van der Waals surface area (Å²) >= 11 is 1.53. The van der Waals surface area contributed by atoms with Crippen molar-refractivity contribution in [1.82, 2.24) is 25.1 Å². The molecule has 1 saturated heterocycles. The summed E-state index contributed by atoms with van der Waals surface area (Å²) in [6.07, 6.45) is 5.90. The molecule has 4 rings (SSSR count). The van der Waals surface area contributed by atoms with Gasteiger partial charge in [0.15, 0.2) is 0 Å². The lowest BCUT2D eigenvalue weighted by Gasteiger charge is -2.21. The largest absolute Gasteiger partial charge is 0.418 e. The Hall–Kier alpha value is -2.12. The van der Waals surface area contributed by atoms with Crippen LogP contribution in [-0.2, 0) is 6.54 Å². The van der Waals surface area contributed by atoms with Crippen LogP contribution in [0.15, 0.2) is 34.5 Å². The van der Waals surface area contributed by atoms with Crippen molar-refractivity contribution >= 4 is 11.3 Å². The van der Waals surface area contributed by atoms with Crippen molar-refractivity contribution in [2.75, 3.05) is 6.54 Å². The Bertz CT molecular complexity index is 785. The Labute approximate surface area is 138 Å². The van der Waals surface area contributed by atoms with Crippen LogP contribution in [0.25, 0.3) is 10.8 Å². The van der Waals surface area contributed by atoms with E-state index in [9.17, 15) is 0 Å². The van der Waals surface area contributed by atoms with Crippen molar-refractivity contribution in [3.8, 4) is 10.8 Å². The van der Waals surface area contributed by atoms with Gasteiger partial charge in [0.05, 0.1) is 17.2 Å². The number of likely N-dealkylation sites (tertiary alicyclic amines) is 1. The molecule has 23 heavy (non-hydrogen) atoms. The first-order chi connectivity index (χ1) is 11.3. The fourth-order valence-corrected chi connectivity index (χ4v) is 3.71. The smallest absolute Gasteiger partial charge is 0.259 e. The number of hydrogen-bond donors (Lipinski definition) is 0. The topological polar surface area (TPSA) is 67.9 Å². The average molecular weight is 327 g/mol. The molecule has 0 N–H and O–H groups in total. The van der Waals surface area contributed by atoms with Crippen LogP contribution in [0.1, 0.15) is 36.0 Å². The lowest BCUT2D eigenvalue weighted by molar-refractivity contribution is 0.215. The number of aryl methyl sites for hydroxylation is 1. The molecule has 1 aliphatic heterocycles. The first-order valence-corrected chi connectivity index (χ1v) is 8.56. The lowest BCUT2D eigenvalue weighted by Crippen LogP contribution is -2.23. The SMILES string of the molecule is Cc1ncsc1-c1nnc([C@H]2CCCN2Cc2cccnc2)o1. The van der Waals surface area contributed by atoms with Crippen molar-refractivity contribution < 1.29 is 4.42 Å². The third kappa shape index (κ3) is 2.89. The van der Waals surface area contributed by atoms with Gasteiger partial charge in [-0.2, -0.15) is 0 Å². The minimum Gasteiger partial charge on any atom is -0.418 e. The Kier molecular flexibility index (Phi) is 3.88. The first kappa shape index (κ1) is 14.5. The van der Waals surface area contributed by atoms with Crippen LogP contribution in [0, 0.1) is 6.92 Å². The molecule has 0 unspecified atom stereocenters. The molecule has 3 aromatic heterocycles. The minimum atomic E-state index is 0.185. The Morgan fingerprint density at radius 3 is 3.13 bits per heavy atom. The van der Waals surface area contributed by atoms with E-state index in [1.165, 1.54) is 16.9 Å². The van der Waals surface area contributed by atoms with Crippen LogP contribution in [0.4, 0.5) is 0 Å². The van der Waals surface area contributed by atoms with Gasteiger partial charge in [-0.1, -0.05) is 6.07 Å². The third-order valence-corrected chi connectivity index (χ3v) is 5.05. The molecule has 4 heterocycles. The van der Waals surface area contributed by atoms with Crippen LogP contribution in [0.5, 0.6) is 0 Å². The van der Waals surface area contributed by atoms with Gasteiger partial charge in [0.1, 0.15) is 4.88 Å². The number of aromatic nitrogens is 4. The highest BCUT2D eigenvalue weighted by atomic mass is 32.1. The fourth-order valence-electron chi connectivity index (χ4n) is 2.99. The highest BCUT2D eigenvalue weighted by Crippen LogP contribution is 2.34. The van der Waals surface area contributed by atoms with E-state index in [1.807, 2.05) is 19.2 Å². The summed E-state index contributed by atoms with van der Waals surface area (Å²) in [4.78, 5) is 11.8. The summed E-state index contributed by atoms with van der Waals surface area (Å²) < 4.78 is 5.95. The average Bonchev–Trinajstić information content (AvgIpc) is 3.28. The van der Waals surface area contributed by atoms with Gasteiger partial charge in [0.2, 0.25) is 5.89 Å². The van der Waals surface area contributed by atoms with E-state index in [4.69, 9.17) is 4.42 Å². The molecule has 0 bridgehead atoms. The normalized spacial score (nSPS) is 18.6. The number of hydrogen-bond acceptors (Lipinski definition) is 7. The van der Waals surface area contributed by atoms with Gasteiger partial charge >= 0.3 is 0 Å². The predicted molar refractivity (Wildman–Crippen MR) is 86.8 cm³/mol. The number of rotatable bonds is 4. The molecule has 0 aliphatic carbocycles. The highest BCUT2D eigenvalue weighted by Gasteiger charge is 2.31. The Morgan fingerprint density at radius 1 is 1.39 bits per heavy atom. The fraction of sp³-hybridized carbons (Fsp3) is 0.375. The first-order valence-electron chi connectivity index (χ1n) is 7.68. The molecule has 7 heteroatoms. The molecule has 0 amide bonds. The number of thiazole rings is 1. The maximum Gasteiger partial charge on any atom is 0.259 e. The zero-order valence-corrected chi connectivity index (χ0v) is 13.7. The second kappa shape index (κ2) is 6.17. The molecule has 0 spiro atoms. The van der Waals surface area contributed by atoms with E-state index in [2.05, 4.69) is 31.1 Å². The van der Waals surface area contributed by atoms with Crippen molar-refractivity contribution in [1.29, 1.82) is 0 Å². The summed E-state index contributed by atoms with van der Waals surface area (Å²) in [6.45, 7) is 3.85. The van der Waals surface area contributed by atoms with E-state index in [0.717, 1.165) is 36.5 Å². The molecule has 3 aromatic rings. The zero-order chi connectivity index (χ0) is 15.6. The van der Waals surface area contributed by atoms with Crippen molar-refractivity contribution in [3.05, 3.63) is 47.2 Å².